The van der Waals surface area contributed by atoms with Gasteiger partial charge in [-0.2, -0.15) is 4.31 Å². The highest BCUT2D eigenvalue weighted by Crippen LogP contribution is 2.37. The Hall–Kier alpha value is -2.14. The molecule has 2 saturated carbocycles. The van der Waals surface area contributed by atoms with Crippen molar-refractivity contribution < 1.29 is 32.5 Å². The number of methoxy groups -OCH3 is 1. The largest absolute Gasteiger partial charge is 0.497 e. The molecule has 1 amide bonds. The Kier molecular flexibility index (Phi) is 10.5. The average Bonchev–Trinajstić information content (AvgIpc) is 3.46. The predicted octanol–water partition coefficient (Wildman–Crippen LogP) is 3.58. The van der Waals surface area contributed by atoms with Gasteiger partial charge in [-0.3, -0.25) is 4.79 Å². The normalized spacial score (nSPS) is 23.2. The lowest BCUT2D eigenvalue weighted by molar-refractivity contribution is -0.152. The first-order valence-electron chi connectivity index (χ1n) is 14.0. The lowest BCUT2D eigenvalue weighted by Gasteiger charge is -2.35. The zero-order chi connectivity index (χ0) is 27.0. The fraction of sp³-hybridized carbons (Fsp3) is 0.679. The summed E-state index contributed by atoms with van der Waals surface area (Å²) in [5, 5.41) is 12.6. The van der Waals surface area contributed by atoms with Crippen LogP contribution in [-0.4, -0.2) is 69.5 Å². The first kappa shape index (κ1) is 28.9. The van der Waals surface area contributed by atoms with Crippen molar-refractivity contribution in [2.45, 2.75) is 81.4 Å². The van der Waals surface area contributed by atoms with Gasteiger partial charge in [0.15, 0.2) is 5.76 Å². The second kappa shape index (κ2) is 13.8. The van der Waals surface area contributed by atoms with Crippen LogP contribution in [0.3, 0.4) is 0 Å². The maximum absolute atomic E-state index is 13.2. The first-order valence-corrected chi connectivity index (χ1v) is 15.4. The maximum Gasteiger partial charge on any atom is 0.286 e. The van der Waals surface area contributed by atoms with Crippen molar-refractivity contribution in [3.8, 4) is 5.75 Å². The molecule has 2 atom stereocenters. The van der Waals surface area contributed by atoms with E-state index in [1.54, 1.807) is 12.1 Å². The van der Waals surface area contributed by atoms with Crippen LogP contribution in [0, 0.1) is 11.8 Å². The van der Waals surface area contributed by atoms with Gasteiger partial charge >= 0.3 is 0 Å². The summed E-state index contributed by atoms with van der Waals surface area (Å²) in [7, 11) is -2.32. The molecular weight excluding hydrogens is 508 g/mol. The van der Waals surface area contributed by atoms with Gasteiger partial charge < -0.3 is 24.6 Å². The van der Waals surface area contributed by atoms with E-state index >= 15 is 0 Å². The number of hydrogen-bond acceptors (Lipinski definition) is 7. The summed E-state index contributed by atoms with van der Waals surface area (Å²) >= 11 is 0. The Labute approximate surface area is 226 Å². The second-order valence-corrected chi connectivity index (χ2v) is 12.4. The fourth-order valence-electron chi connectivity index (χ4n) is 5.81. The van der Waals surface area contributed by atoms with Gasteiger partial charge in [0.25, 0.3) is 5.91 Å². The number of aliphatic hydroxyl groups is 1. The molecule has 4 rings (SSSR count). The summed E-state index contributed by atoms with van der Waals surface area (Å²) < 4.78 is 44.8. The van der Waals surface area contributed by atoms with E-state index in [-0.39, 0.29) is 49.1 Å². The van der Waals surface area contributed by atoms with Crippen LogP contribution in [0.5, 0.6) is 5.75 Å². The minimum Gasteiger partial charge on any atom is -0.497 e. The summed E-state index contributed by atoms with van der Waals surface area (Å²) in [6, 6.07) is 6.34. The molecule has 9 nitrogen and oxygen atoms in total. The van der Waals surface area contributed by atoms with E-state index in [4.69, 9.17) is 14.2 Å². The Morgan fingerprint density at radius 1 is 1.05 bits per heavy atom. The summed E-state index contributed by atoms with van der Waals surface area (Å²) in [6.07, 6.45) is 12.2. The molecule has 0 saturated heterocycles. The summed E-state index contributed by atoms with van der Waals surface area (Å²) in [6.45, 7) is -0.235. The monoisotopic (exact) mass is 550 g/mol. The van der Waals surface area contributed by atoms with Crippen molar-refractivity contribution in [3.05, 3.63) is 36.1 Å². The minimum atomic E-state index is -3.84. The van der Waals surface area contributed by atoms with E-state index in [1.807, 2.05) is 6.08 Å². The third-order valence-corrected chi connectivity index (χ3v) is 9.86. The van der Waals surface area contributed by atoms with Crippen LogP contribution in [0.25, 0.3) is 0 Å². The molecule has 2 N–H and O–H groups in total. The minimum absolute atomic E-state index is 0.0518. The molecule has 0 spiro atoms. The Bertz CT molecular complexity index is 1030. The van der Waals surface area contributed by atoms with E-state index in [0.29, 0.717) is 23.8 Å². The van der Waals surface area contributed by atoms with Crippen LogP contribution < -0.4 is 10.1 Å². The molecule has 0 unspecified atom stereocenters. The number of carbonyl (C=O) groups is 1. The van der Waals surface area contributed by atoms with Gasteiger partial charge in [-0.05, 0) is 67.9 Å². The molecule has 1 aliphatic heterocycles. The van der Waals surface area contributed by atoms with Crippen molar-refractivity contribution in [2.24, 2.45) is 11.8 Å². The molecule has 2 aliphatic carbocycles. The highest BCUT2D eigenvalue weighted by Gasteiger charge is 2.34. The van der Waals surface area contributed by atoms with Gasteiger partial charge in [-0.1, -0.05) is 32.1 Å². The average molecular weight is 551 g/mol. The Morgan fingerprint density at radius 2 is 1.74 bits per heavy atom. The summed E-state index contributed by atoms with van der Waals surface area (Å²) in [4.78, 5) is 13.2. The molecule has 1 aromatic rings. The molecule has 1 aromatic carbocycles. The molecule has 3 aliphatic rings. The zero-order valence-corrected chi connectivity index (χ0v) is 23.2. The molecule has 38 heavy (non-hydrogen) atoms. The molecule has 2 fully saturated rings. The third kappa shape index (κ3) is 7.49. The quantitative estimate of drug-likeness (QED) is 0.409. The van der Waals surface area contributed by atoms with Crippen LogP contribution in [0.1, 0.15) is 64.2 Å². The topological polar surface area (TPSA) is 114 Å². The van der Waals surface area contributed by atoms with E-state index in [0.717, 1.165) is 38.5 Å². The lowest BCUT2D eigenvalue weighted by Crippen LogP contribution is -2.40. The van der Waals surface area contributed by atoms with Crippen LogP contribution in [-0.2, 0) is 24.3 Å². The molecule has 1 heterocycles. The Balaban J connectivity index is 1.40. The van der Waals surface area contributed by atoms with Gasteiger partial charge in [-0.25, -0.2) is 8.42 Å². The number of nitrogens with zero attached hydrogens (tertiary/aromatic N) is 1. The molecule has 0 bridgehead atoms. The third-order valence-electron chi connectivity index (χ3n) is 7.95. The van der Waals surface area contributed by atoms with Crippen molar-refractivity contribution in [3.63, 3.8) is 0 Å². The van der Waals surface area contributed by atoms with Crippen molar-refractivity contribution >= 4 is 15.9 Å². The van der Waals surface area contributed by atoms with Crippen LogP contribution >= 0.6 is 0 Å². The van der Waals surface area contributed by atoms with E-state index in [9.17, 15) is 18.3 Å². The Morgan fingerprint density at radius 3 is 2.39 bits per heavy atom. The fourth-order valence-corrected chi connectivity index (χ4v) is 7.22. The van der Waals surface area contributed by atoms with E-state index in [1.165, 1.54) is 42.8 Å². The van der Waals surface area contributed by atoms with E-state index < -0.39 is 16.3 Å². The highest BCUT2D eigenvalue weighted by molar-refractivity contribution is 7.89. The number of amides is 1. The second-order valence-electron chi connectivity index (χ2n) is 10.5. The lowest BCUT2D eigenvalue weighted by atomic mass is 9.77. The number of sulfonamides is 1. The maximum atomic E-state index is 13.2. The van der Waals surface area contributed by atoms with E-state index in [2.05, 4.69) is 5.32 Å². The van der Waals surface area contributed by atoms with Gasteiger partial charge in [0.05, 0.1) is 25.2 Å². The number of hydrogen-bond donors (Lipinski definition) is 2. The number of carbonyl (C=O) groups excluding carboxylic acids is 1. The smallest absolute Gasteiger partial charge is 0.286 e. The molecule has 212 valence electrons. The molecule has 10 heteroatoms. The number of rotatable bonds is 12. The van der Waals surface area contributed by atoms with Crippen LogP contribution in [0.15, 0.2) is 41.0 Å². The SMILES string of the molecule is COc1ccc(S(=O)(=O)N(CCO)CCO[C@H]2C[C@@H](C3CCCCC3)C=C(C(=O)NC3CCCC3)O2)cc1. The first-order chi connectivity index (χ1) is 18.4. The van der Waals surface area contributed by atoms with Gasteiger partial charge in [0.1, 0.15) is 5.75 Å². The number of ether oxygens (including phenoxy) is 3. The summed E-state index contributed by atoms with van der Waals surface area (Å²) in [5.74, 6) is 1.38. The number of aliphatic hydroxyl groups excluding tert-OH is 1. The van der Waals surface area contributed by atoms with Crippen LogP contribution in [0.4, 0.5) is 0 Å². The predicted molar refractivity (Wildman–Crippen MR) is 143 cm³/mol. The molecular formula is C28H42N2O7S. The highest BCUT2D eigenvalue weighted by atomic mass is 32.2. The number of nitrogens with one attached hydrogen (secondary N) is 1. The van der Waals surface area contributed by atoms with Gasteiger partial charge in [-0.15, -0.1) is 0 Å². The molecule has 0 radical (unpaired) electrons. The number of allylic oxidation sites excluding steroid dienone is 1. The van der Waals surface area contributed by atoms with Crippen molar-refractivity contribution in [1.29, 1.82) is 0 Å². The number of benzene rings is 1. The van der Waals surface area contributed by atoms with Crippen LogP contribution in [0.2, 0.25) is 0 Å². The zero-order valence-electron chi connectivity index (χ0n) is 22.3. The van der Waals surface area contributed by atoms with Gasteiger partial charge in [0.2, 0.25) is 16.3 Å². The van der Waals surface area contributed by atoms with Gasteiger partial charge in [0, 0.05) is 25.6 Å². The van der Waals surface area contributed by atoms with Crippen molar-refractivity contribution in [2.75, 3.05) is 33.4 Å². The molecule has 0 aromatic heterocycles. The van der Waals surface area contributed by atoms with Crippen molar-refractivity contribution in [1.82, 2.24) is 9.62 Å². The standard InChI is InChI=1S/C28H42N2O7S/c1-35-24-11-13-25(14-12-24)38(33,34)30(15-17-31)16-18-36-27-20-22(21-7-3-2-4-8-21)19-26(37-27)28(32)29-23-9-5-6-10-23/h11-14,19,21-23,27,31H,2-10,15-18,20H2,1H3,(H,29,32)/t22-,27+/m0/s1. The summed E-state index contributed by atoms with van der Waals surface area (Å²) in [5.41, 5.74) is 0.